The van der Waals surface area contributed by atoms with Gasteiger partial charge in [-0.3, -0.25) is 9.59 Å². The van der Waals surface area contributed by atoms with Crippen LogP contribution in [0.2, 0.25) is 0 Å². The van der Waals surface area contributed by atoms with Gasteiger partial charge in [-0.15, -0.1) is 12.4 Å². The molecule has 0 aliphatic carbocycles. The Balaban J connectivity index is 0.00000289. The van der Waals surface area contributed by atoms with Crippen LogP contribution in [-0.2, 0) is 0 Å². The number of H-pyrrole nitrogens is 1. The van der Waals surface area contributed by atoms with Crippen molar-refractivity contribution in [3.05, 3.63) is 23.5 Å². The number of hydrogen-bond donors (Lipinski definition) is 4. The van der Waals surface area contributed by atoms with E-state index in [1.807, 2.05) is 5.32 Å². The van der Waals surface area contributed by atoms with Gasteiger partial charge in [-0.25, -0.2) is 8.78 Å². The maximum atomic E-state index is 12.7. The van der Waals surface area contributed by atoms with Crippen LogP contribution in [0, 0.1) is 0 Å². The zero-order valence-electron chi connectivity index (χ0n) is 9.20. The Bertz CT molecular complexity index is 436. The number of amides is 2. The molecule has 2 amide bonds. The van der Waals surface area contributed by atoms with Crippen molar-refractivity contribution in [2.45, 2.75) is 5.92 Å². The third kappa shape index (κ3) is 4.30. The minimum Gasteiger partial charge on any atom is -0.366 e. The Kier molecular flexibility index (Phi) is 5.73. The summed E-state index contributed by atoms with van der Waals surface area (Å²) in [5.41, 5.74) is 9.85. The lowest BCUT2D eigenvalue weighted by atomic mass is 10.3. The van der Waals surface area contributed by atoms with Gasteiger partial charge in [0, 0.05) is 6.20 Å². The molecule has 0 atom stereocenters. The van der Waals surface area contributed by atoms with E-state index in [1.54, 1.807) is 0 Å². The van der Waals surface area contributed by atoms with Crippen molar-refractivity contribution >= 4 is 24.2 Å². The van der Waals surface area contributed by atoms with Crippen molar-refractivity contribution in [3.8, 4) is 0 Å². The molecule has 0 aromatic carbocycles. The van der Waals surface area contributed by atoms with Crippen LogP contribution in [0.3, 0.4) is 0 Å². The number of nitrogens with two attached hydrogens (primary N) is 2. The molecule has 0 aliphatic rings. The third-order valence-electron chi connectivity index (χ3n) is 2.02. The first-order chi connectivity index (χ1) is 7.85. The van der Waals surface area contributed by atoms with Crippen LogP contribution in [-0.4, -0.2) is 35.8 Å². The van der Waals surface area contributed by atoms with Crippen LogP contribution in [0.4, 0.5) is 8.78 Å². The molecule has 1 heterocycles. The first-order valence-corrected chi connectivity index (χ1v) is 4.70. The van der Waals surface area contributed by atoms with Gasteiger partial charge in [0.15, 0.2) is 0 Å². The molecule has 0 bridgehead atoms. The SMILES string of the molecule is Cl.NCC(F)(F)CNC(=O)c1cc(C(N)=O)c[nH]1. The fraction of sp³-hybridized carbons (Fsp3) is 0.333. The van der Waals surface area contributed by atoms with E-state index in [9.17, 15) is 18.4 Å². The lowest BCUT2D eigenvalue weighted by Crippen LogP contribution is -2.41. The van der Waals surface area contributed by atoms with Crippen LogP contribution in [0.1, 0.15) is 20.8 Å². The largest absolute Gasteiger partial charge is 0.366 e. The average Bonchev–Trinajstić information content (AvgIpc) is 2.75. The Morgan fingerprint density at radius 3 is 2.50 bits per heavy atom. The third-order valence-corrected chi connectivity index (χ3v) is 2.02. The Hall–Kier alpha value is -1.67. The fourth-order valence-corrected chi connectivity index (χ4v) is 1.04. The molecular formula is C9H13ClF2N4O2. The highest BCUT2D eigenvalue weighted by atomic mass is 35.5. The second kappa shape index (κ2) is 6.31. The summed E-state index contributed by atoms with van der Waals surface area (Å²) in [6.45, 7) is -1.72. The molecule has 6 N–H and O–H groups in total. The lowest BCUT2D eigenvalue weighted by molar-refractivity contribution is 0.0118. The Morgan fingerprint density at radius 2 is 2.06 bits per heavy atom. The highest BCUT2D eigenvalue weighted by molar-refractivity contribution is 5.98. The molecule has 102 valence electrons. The first-order valence-electron chi connectivity index (χ1n) is 4.70. The second-order valence-corrected chi connectivity index (χ2v) is 3.41. The van der Waals surface area contributed by atoms with Crippen LogP contribution in [0.25, 0.3) is 0 Å². The molecule has 0 saturated carbocycles. The van der Waals surface area contributed by atoms with E-state index in [0.717, 1.165) is 0 Å². The number of carbonyl (C=O) groups is 2. The quantitative estimate of drug-likeness (QED) is 0.602. The van der Waals surface area contributed by atoms with E-state index in [0.29, 0.717) is 0 Å². The van der Waals surface area contributed by atoms with Crippen LogP contribution in [0.15, 0.2) is 12.3 Å². The Labute approximate surface area is 108 Å². The molecular weight excluding hydrogens is 270 g/mol. The number of hydrogen-bond acceptors (Lipinski definition) is 3. The minimum absolute atomic E-state index is 0. The van der Waals surface area contributed by atoms with Crippen LogP contribution >= 0.6 is 12.4 Å². The number of aromatic amines is 1. The number of rotatable bonds is 5. The molecule has 0 unspecified atom stereocenters. The molecule has 1 aromatic heterocycles. The van der Waals surface area contributed by atoms with Crippen molar-refractivity contribution < 1.29 is 18.4 Å². The molecule has 6 nitrogen and oxygen atoms in total. The predicted molar refractivity (Wildman–Crippen MR) is 62.9 cm³/mol. The van der Waals surface area contributed by atoms with Crippen LogP contribution in [0.5, 0.6) is 0 Å². The van der Waals surface area contributed by atoms with Crippen molar-refractivity contribution in [2.75, 3.05) is 13.1 Å². The van der Waals surface area contributed by atoms with E-state index < -0.39 is 30.8 Å². The lowest BCUT2D eigenvalue weighted by Gasteiger charge is -2.13. The zero-order valence-corrected chi connectivity index (χ0v) is 10.0. The topological polar surface area (TPSA) is 114 Å². The Morgan fingerprint density at radius 1 is 1.44 bits per heavy atom. The summed E-state index contributed by atoms with van der Waals surface area (Å²) < 4.78 is 25.5. The molecule has 0 aliphatic heterocycles. The van der Waals surface area contributed by atoms with E-state index in [2.05, 4.69) is 4.98 Å². The van der Waals surface area contributed by atoms with Gasteiger partial charge in [-0.2, -0.15) is 0 Å². The number of alkyl halides is 2. The van der Waals surface area contributed by atoms with Gasteiger partial charge < -0.3 is 21.8 Å². The molecule has 1 aromatic rings. The summed E-state index contributed by atoms with van der Waals surface area (Å²) in [7, 11) is 0. The van der Waals surface area contributed by atoms with E-state index >= 15 is 0 Å². The summed E-state index contributed by atoms with van der Waals surface area (Å²) >= 11 is 0. The summed E-state index contributed by atoms with van der Waals surface area (Å²) in [6.07, 6.45) is 1.22. The summed E-state index contributed by atoms with van der Waals surface area (Å²) in [5, 5.41) is 1.99. The summed E-state index contributed by atoms with van der Waals surface area (Å²) in [6, 6.07) is 1.18. The van der Waals surface area contributed by atoms with Crippen LogP contribution < -0.4 is 16.8 Å². The molecule has 9 heteroatoms. The van der Waals surface area contributed by atoms with Crippen molar-refractivity contribution in [1.82, 2.24) is 10.3 Å². The van der Waals surface area contributed by atoms with Gasteiger partial charge in [0.1, 0.15) is 5.69 Å². The summed E-state index contributed by atoms with van der Waals surface area (Å²) in [4.78, 5) is 24.6. The minimum atomic E-state index is -3.16. The van der Waals surface area contributed by atoms with Gasteiger partial charge in [0.05, 0.1) is 18.7 Å². The second-order valence-electron chi connectivity index (χ2n) is 3.41. The van der Waals surface area contributed by atoms with Gasteiger partial charge in [-0.1, -0.05) is 0 Å². The number of primary amides is 1. The number of aromatic nitrogens is 1. The molecule has 0 radical (unpaired) electrons. The average molecular weight is 283 g/mol. The van der Waals surface area contributed by atoms with E-state index in [4.69, 9.17) is 11.5 Å². The molecule has 0 fully saturated rings. The number of carbonyl (C=O) groups excluding carboxylic acids is 2. The maximum Gasteiger partial charge on any atom is 0.277 e. The highest BCUT2D eigenvalue weighted by Gasteiger charge is 2.27. The number of halogens is 3. The van der Waals surface area contributed by atoms with Crippen molar-refractivity contribution in [1.29, 1.82) is 0 Å². The maximum absolute atomic E-state index is 12.7. The van der Waals surface area contributed by atoms with Crippen molar-refractivity contribution in [2.24, 2.45) is 11.5 Å². The van der Waals surface area contributed by atoms with E-state index in [-0.39, 0.29) is 23.7 Å². The smallest absolute Gasteiger partial charge is 0.277 e. The highest BCUT2D eigenvalue weighted by Crippen LogP contribution is 2.09. The molecule has 1 rings (SSSR count). The predicted octanol–water partition coefficient (Wildman–Crippen LogP) is -0.141. The van der Waals surface area contributed by atoms with Gasteiger partial charge in [-0.05, 0) is 6.07 Å². The standard InChI is InChI=1S/C9H12F2N4O2.ClH/c10-9(11,3-12)4-15-8(17)6-1-5(2-14-6)7(13)16;/h1-2,14H,3-4,12H2,(H2,13,16)(H,15,17);1H. The summed E-state index contributed by atoms with van der Waals surface area (Å²) in [5.74, 6) is -4.63. The zero-order chi connectivity index (χ0) is 13.1. The van der Waals surface area contributed by atoms with E-state index in [1.165, 1.54) is 12.3 Å². The fourth-order valence-electron chi connectivity index (χ4n) is 1.04. The van der Waals surface area contributed by atoms with Gasteiger partial charge >= 0.3 is 0 Å². The van der Waals surface area contributed by atoms with Crippen molar-refractivity contribution in [3.63, 3.8) is 0 Å². The monoisotopic (exact) mass is 282 g/mol. The number of nitrogens with one attached hydrogen (secondary N) is 2. The van der Waals surface area contributed by atoms with Gasteiger partial charge in [0.25, 0.3) is 11.8 Å². The molecule has 18 heavy (non-hydrogen) atoms. The normalized spacial score (nSPS) is 10.6. The van der Waals surface area contributed by atoms with Gasteiger partial charge in [0.2, 0.25) is 5.91 Å². The molecule has 0 spiro atoms. The first kappa shape index (κ1) is 16.3. The molecule has 0 saturated heterocycles.